The fraction of sp³-hybridized carbons (Fsp3) is 0.938. The fourth-order valence-electron chi connectivity index (χ4n) is 4.43. The van der Waals surface area contributed by atoms with E-state index in [9.17, 15) is 4.79 Å². The van der Waals surface area contributed by atoms with E-state index >= 15 is 0 Å². The van der Waals surface area contributed by atoms with Crippen LogP contribution in [-0.4, -0.2) is 58.4 Å². The third-order valence-corrected chi connectivity index (χ3v) is 6.49. The molecule has 0 aromatic rings. The topological polar surface area (TPSA) is 23.6 Å². The van der Waals surface area contributed by atoms with Gasteiger partial charge in [0.15, 0.2) is 0 Å². The van der Waals surface area contributed by atoms with Crippen LogP contribution in [0.3, 0.4) is 0 Å². The summed E-state index contributed by atoms with van der Waals surface area (Å²) in [7, 11) is 0. The Balaban J connectivity index is 1.68. The highest BCUT2D eigenvalue weighted by molar-refractivity contribution is 7.99. The van der Waals surface area contributed by atoms with Gasteiger partial charge in [-0.15, -0.1) is 0 Å². The number of carbonyl (C=O) groups is 1. The van der Waals surface area contributed by atoms with Crippen LogP contribution in [0, 0.1) is 5.92 Å². The average molecular weight is 296 g/mol. The first kappa shape index (κ1) is 14.7. The molecule has 3 fully saturated rings. The van der Waals surface area contributed by atoms with Gasteiger partial charge in [-0.1, -0.05) is 12.8 Å². The van der Waals surface area contributed by atoms with E-state index in [0.29, 0.717) is 18.0 Å². The van der Waals surface area contributed by atoms with Gasteiger partial charge in [-0.3, -0.25) is 9.69 Å². The Morgan fingerprint density at radius 3 is 2.65 bits per heavy atom. The summed E-state index contributed by atoms with van der Waals surface area (Å²) in [6.45, 7) is 6.54. The van der Waals surface area contributed by atoms with Crippen LogP contribution in [0.15, 0.2) is 0 Å². The Morgan fingerprint density at radius 2 is 1.90 bits per heavy atom. The van der Waals surface area contributed by atoms with Gasteiger partial charge in [-0.2, -0.15) is 11.8 Å². The first-order valence-corrected chi connectivity index (χ1v) is 9.48. The quantitative estimate of drug-likeness (QED) is 0.782. The van der Waals surface area contributed by atoms with Gasteiger partial charge >= 0.3 is 0 Å². The van der Waals surface area contributed by atoms with Crippen LogP contribution in [0.1, 0.15) is 46.0 Å². The van der Waals surface area contributed by atoms with E-state index < -0.39 is 0 Å². The Kier molecular flexibility index (Phi) is 4.61. The molecule has 0 N–H and O–H groups in total. The maximum Gasteiger partial charge on any atom is 0.240 e. The minimum atomic E-state index is 0.0824. The summed E-state index contributed by atoms with van der Waals surface area (Å²) >= 11 is 2.01. The number of nitrogens with zero attached hydrogens (tertiary/aromatic N) is 2. The molecule has 0 bridgehead atoms. The van der Waals surface area contributed by atoms with Crippen molar-refractivity contribution in [2.24, 2.45) is 5.92 Å². The molecule has 0 spiro atoms. The first-order valence-electron chi connectivity index (χ1n) is 8.32. The normalized spacial score (nSPS) is 36.7. The lowest BCUT2D eigenvalue weighted by atomic mass is 9.85. The minimum absolute atomic E-state index is 0.0824. The molecule has 3 aliphatic rings. The third kappa shape index (κ3) is 2.74. The second-order valence-corrected chi connectivity index (χ2v) is 7.99. The fourth-order valence-corrected chi connectivity index (χ4v) is 5.36. The van der Waals surface area contributed by atoms with Gasteiger partial charge in [0.1, 0.15) is 0 Å². The van der Waals surface area contributed by atoms with Crippen LogP contribution in [0.5, 0.6) is 0 Å². The van der Waals surface area contributed by atoms with E-state index in [0.717, 1.165) is 19.0 Å². The van der Waals surface area contributed by atoms with Gasteiger partial charge < -0.3 is 4.90 Å². The molecular weight excluding hydrogens is 268 g/mol. The van der Waals surface area contributed by atoms with Crippen molar-refractivity contribution >= 4 is 17.7 Å². The summed E-state index contributed by atoms with van der Waals surface area (Å²) in [5, 5.41) is 0. The van der Waals surface area contributed by atoms with E-state index in [-0.39, 0.29) is 6.04 Å². The van der Waals surface area contributed by atoms with E-state index in [2.05, 4.69) is 23.6 Å². The highest BCUT2D eigenvalue weighted by atomic mass is 32.2. The lowest BCUT2D eigenvalue weighted by Gasteiger charge is -2.38. The van der Waals surface area contributed by atoms with Gasteiger partial charge in [0.05, 0.1) is 6.04 Å². The number of amides is 1. The molecule has 3 rings (SSSR count). The molecule has 3 nitrogen and oxygen atoms in total. The molecule has 1 aliphatic carbocycles. The van der Waals surface area contributed by atoms with Crippen molar-refractivity contribution in [3.05, 3.63) is 0 Å². The summed E-state index contributed by atoms with van der Waals surface area (Å²) in [5.41, 5.74) is 0. The molecule has 114 valence electrons. The van der Waals surface area contributed by atoms with Gasteiger partial charge in [0, 0.05) is 36.7 Å². The lowest BCUT2D eigenvalue weighted by molar-refractivity contribution is -0.139. The second-order valence-electron chi connectivity index (χ2n) is 6.77. The van der Waals surface area contributed by atoms with E-state index in [1.807, 2.05) is 11.8 Å². The number of fused-ring (bicyclic) bond motifs is 1. The predicted molar refractivity (Wildman–Crippen MR) is 85.0 cm³/mol. The number of rotatable bonds is 2. The standard InChI is InChI=1S/C16H28N2OS/c1-12-11-14-5-3-4-6-15(14)18(12)16(19)13(2)17-7-9-20-10-8-17/h12-15H,3-11H2,1-2H3/t12-,13-,14-,15-/m1/s1. The van der Waals surface area contributed by atoms with E-state index in [1.165, 1.54) is 43.6 Å². The highest BCUT2D eigenvalue weighted by Crippen LogP contribution is 2.40. The molecule has 0 aromatic heterocycles. The smallest absolute Gasteiger partial charge is 0.240 e. The number of hydrogen-bond acceptors (Lipinski definition) is 3. The maximum atomic E-state index is 13.0. The van der Waals surface area contributed by atoms with E-state index in [1.54, 1.807) is 0 Å². The molecule has 4 heteroatoms. The zero-order valence-electron chi connectivity index (χ0n) is 12.9. The Morgan fingerprint density at radius 1 is 1.20 bits per heavy atom. The zero-order valence-corrected chi connectivity index (χ0v) is 13.7. The van der Waals surface area contributed by atoms with Crippen LogP contribution >= 0.6 is 11.8 Å². The summed E-state index contributed by atoms with van der Waals surface area (Å²) in [4.78, 5) is 17.7. The maximum absolute atomic E-state index is 13.0. The monoisotopic (exact) mass is 296 g/mol. The number of hydrogen-bond donors (Lipinski definition) is 0. The van der Waals surface area contributed by atoms with Crippen LogP contribution in [0.25, 0.3) is 0 Å². The molecule has 2 aliphatic heterocycles. The second kappa shape index (κ2) is 6.27. The molecular formula is C16H28N2OS. The SMILES string of the molecule is C[C@H](C(=O)N1[C@H](C)C[C@H]2CCCC[C@H]21)N1CCSCC1. The molecule has 20 heavy (non-hydrogen) atoms. The molecule has 0 unspecified atom stereocenters. The highest BCUT2D eigenvalue weighted by Gasteiger charge is 2.44. The predicted octanol–water partition coefficient (Wildman–Crippen LogP) is 2.60. The Bertz CT molecular complexity index is 356. The van der Waals surface area contributed by atoms with Gasteiger partial charge in [0.2, 0.25) is 5.91 Å². The van der Waals surface area contributed by atoms with Crippen molar-refractivity contribution in [3.63, 3.8) is 0 Å². The molecule has 2 heterocycles. The van der Waals surface area contributed by atoms with Crippen molar-refractivity contribution in [2.45, 2.75) is 64.1 Å². The van der Waals surface area contributed by atoms with Crippen molar-refractivity contribution in [1.29, 1.82) is 0 Å². The molecule has 0 radical (unpaired) electrons. The molecule has 4 atom stereocenters. The lowest BCUT2D eigenvalue weighted by Crippen LogP contribution is -2.53. The van der Waals surface area contributed by atoms with Crippen LogP contribution in [0.2, 0.25) is 0 Å². The largest absolute Gasteiger partial charge is 0.335 e. The van der Waals surface area contributed by atoms with Gasteiger partial charge in [-0.05, 0) is 39.0 Å². The number of thioether (sulfide) groups is 1. The molecule has 2 saturated heterocycles. The third-order valence-electron chi connectivity index (χ3n) is 5.55. The molecule has 1 saturated carbocycles. The minimum Gasteiger partial charge on any atom is -0.335 e. The summed E-state index contributed by atoms with van der Waals surface area (Å²) in [6.07, 6.45) is 6.50. The van der Waals surface area contributed by atoms with Crippen LogP contribution in [0.4, 0.5) is 0 Å². The average Bonchev–Trinajstić information content (AvgIpc) is 2.82. The first-order chi connectivity index (χ1) is 9.68. The number of carbonyl (C=O) groups excluding carboxylic acids is 1. The molecule has 0 aromatic carbocycles. The Hall–Kier alpha value is -0.220. The van der Waals surface area contributed by atoms with Crippen molar-refractivity contribution in [1.82, 2.24) is 9.80 Å². The van der Waals surface area contributed by atoms with Crippen LogP contribution in [-0.2, 0) is 4.79 Å². The van der Waals surface area contributed by atoms with Gasteiger partial charge in [-0.25, -0.2) is 0 Å². The van der Waals surface area contributed by atoms with Crippen molar-refractivity contribution in [2.75, 3.05) is 24.6 Å². The van der Waals surface area contributed by atoms with Crippen LogP contribution < -0.4 is 0 Å². The summed E-state index contributed by atoms with van der Waals surface area (Å²) in [6, 6.07) is 1.09. The van der Waals surface area contributed by atoms with Crippen molar-refractivity contribution < 1.29 is 4.79 Å². The molecule has 1 amide bonds. The number of likely N-dealkylation sites (tertiary alicyclic amines) is 1. The summed E-state index contributed by atoms with van der Waals surface area (Å²) in [5.74, 6) is 3.55. The van der Waals surface area contributed by atoms with Crippen molar-refractivity contribution in [3.8, 4) is 0 Å². The zero-order chi connectivity index (χ0) is 14.1. The van der Waals surface area contributed by atoms with Gasteiger partial charge in [0.25, 0.3) is 0 Å². The van der Waals surface area contributed by atoms with E-state index in [4.69, 9.17) is 0 Å². The Labute approximate surface area is 127 Å². The summed E-state index contributed by atoms with van der Waals surface area (Å²) < 4.78 is 0.